The van der Waals surface area contributed by atoms with Crippen molar-refractivity contribution in [2.45, 2.75) is 52.4 Å². The molecule has 6 nitrogen and oxygen atoms in total. The standard InChI is InChI=1S/C53H43BN4O2/c1-52(2,3)34-24-26-43-40(28-34)54-41-29-35(53(4,5)6)25-27-44(41)60-46-31-36(30-45(59-43)47(46)54)58-42-23-14-13-20-37(42)38-21-15-22-39(48(38)58)51-56-49(32-16-9-7-10-17-32)55-50(57-51)33-18-11-8-12-19-33/h7-31H,1-6H3. The lowest BCUT2D eigenvalue weighted by molar-refractivity contribution is 0.463. The van der Waals surface area contributed by atoms with Crippen molar-refractivity contribution in [1.29, 1.82) is 0 Å². The van der Waals surface area contributed by atoms with Crippen molar-refractivity contribution in [3.8, 4) is 62.8 Å². The molecular weight excluding hydrogens is 735 g/mol. The molecule has 0 amide bonds. The topological polar surface area (TPSA) is 62.1 Å². The van der Waals surface area contributed by atoms with Crippen LogP contribution in [0.1, 0.15) is 52.7 Å². The van der Waals surface area contributed by atoms with Gasteiger partial charge in [0.1, 0.15) is 23.0 Å². The minimum Gasteiger partial charge on any atom is -0.458 e. The fraction of sp³-hybridized carbons (Fsp3) is 0.151. The molecule has 7 aromatic carbocycles. The lowest BCUT2D eigenvalue weighted by atomic mass is 9.34. The molecule has 0 spiro atoms. The van der Waals surface area contributed by atoms with Crippen LogP contribution >= 0.6 is 0 Å². The molecule has 0 aliphatic carbocycles. The predicted molar refractivity (Wildman–Crippen MR) is 246 cm³/mol. The molecule has 0 N–H and O–H groups in total. The summed E-state index contributed by atoms with van der Waals surface area (Å²) >= 11 is 0. The molecular formula is C53H43BN4O2. The first-order valence-electron chi connectivity index (χ1n) is 20.7. The average molecular weight is 779 g/mol. The van der Waals surface area contributed by atoms with Gasteiger partial charge in [0.05, 0.1) is 16.7 Å². The van der Waals surface area contributed by atoms with Crippen LogP contribution in [0.5, 0.6) is 23.0 Å². The zero-order valence-corrected chi connectivity index (χ0v) is 34.6. The highest BCUT2D eigenvalue weighted by atomic mass is 16.5. The largest absolute Gasteiger partial charge is 0.458 e. The van der Waals surface area contributed by atoms with Crippen LogP contribution in [-0.4, -0.2) is 26.2 Å². The number of hydrogen-bond acceptors (Lipinski definition) is 5. The maximum Gasteiger partial charge on any atom is 0.260 e. The van der Waals surface area contributed by atoms with E-state index in [4.69, 9.17) is 24.4 Å². The Morgan fingerprint density at radius 3 is 1.52 bits per heavy atom. The van der Waals surface area contributed by atoms with Gasteiger partial charge in [-0.3, -0.25) is 0 Å². The summed E-state index contributed by atoms with van der Waals surface area (Å²) in [6.45, 7) is 13.5. The summed E-state index contributed by atoms with van der Waals surface area (Å²) < 4.78 is 16.3. The van der Waals surface area contributed by atoms with E-state index in [2.05, 4.69) is 137 Å². The van der Waals surface area contributed by atoms with E-state index in [0.717, 1.165) is 83.6 Å². The molecule has 60 heavy (non-hydrogen) atoms. The molecule has 0 unspecified atom stereocenters. The SMILES string of the molecule is CC(C)(C)c1ccc2c(c1)B1c3cc(C(C)(C)C)ccc3Oc3cc(-n4c5ccccc5c5cccc(-c6nc(-c7ccccc7)nc(-c7ccccc7)n6)c54)cc(c31)O2. The summed E-state index contributed by atoms with van der Waals surface area (Å²) in [6.07, 6.45) is 0. The zero-order valence-electron chi connectivity index (χ0n) is 34.6. The fourth-order valence-corrected chi connectivity index (χ4v) is 8.95. The molecule has 2 aromatic heterocycles. The number of aromatic nitrogens is 4. The van der Waals surface area contributed by atoms with Gasteiger partial charge in [-0.05, 0) is 57.1 Å². The Balaban J connectivity index is 1.17. The molecule has 4 heterocycles. The second-order valence-corrected chi connectivity index (χ2v) is 18.1. The molecule has 0 fully saturated rings. The predicted octanol–water partition coefficient (Wildman–Crippen LogP) is 11.3. The molecule has 0 saturated carbocycles. The third-order valence-corrected chi connectivity index (χ3v) is 12.1. The van der Waals surface area contributed by atoms with E-state index in [1.807, 2.05) is 60.7 Å². The quantitative estimate of drug-likeness (QED) is 0.167. The monoisotopic (exact) mass is 778 g/mol. The van der Waals surface area contributed by atoms with Crippen LogP contribution in [0.3, 0.4) is 0 Å². The van der Waals surface area contributed by atoms with Gasteiger partial charge in [-0.1, -0.05) is 157 Å². The molecule has 0 radical (unpaired) electrons. The summed E-state index contributed by atoms with van der Waals surface area (Å²) in [5.74, 6) is 5.14. The average Bonchev–Trinajstić information content (AvgIpc) is 3.60. The molecule has 11 rings (SSSR count). The first-order chi connectivity index (χ1) is 29.0. The Morgan fingerprint density at radius 1 is 0.467 bits per heavy atom. The summed E-state index contributed by atoms with van der Waals surface area (Å²) in [7, 11) is 0. The van der Waals surface area contributed by atoms with Gasteiger partial charge >= 0.3 is 0 Å². The minimum absolute atomic E-state index is 0.0280. The third kappa shape index (κ3) is 5.82. The molecule has 0 atom stereocenters. The van der Waals surface area contributed by atoms with E-state index < -0.39 is 0 Å². The molecule has 9 aromatic rings. The van der Waals surface area contributed by atoms with Crippen LogP contribution in [0.15, 0.2) is 152 Å². The maximum atomic E-state index is 6.99. The Labute approximate surface area is 350 Å². The number of nitrogens with zero attached hydrogens (tertiary/aromatic N) is 4. The Hall–Kier alpha value is -6.99. The molecule has 0 saturated heterocycles. The molecule has 2 aliphatic rings. The van der Waals surface area contributed by atoms with Crippen molar-refractivity contribution in [1.82, 2.24) is 19.5 Å². The number of ether oxygens (including phenoxy) is 2. The van der Waals surface area contributed by atoms with E-state index in [1.54, 1.807) is 0 Å². The van der Waals surface area contributed by atoms with Gasteiger partial charge in [-0.15, -0.1) is 0 Å². The van der Waals surface area contributed by atoms with Crippen LogP contribution in [0.25, 0.3) is 61.7 Å². The van der Waals surface area contributed by atoms with Crippen molar-refractivity contribution < 1.29 is 9.47 Å². The number of rotatable bonds is 4. The fourth-order valence-electron chi connectivity index (χ4n) is 8.95. The minimum atomic E-state index is -0.0621. The normalized spacial score (nSPS) is 13.1. The van der Waals surface area contributed by atoms with Gasteiger partial charge in [0.2, 0.25) is 0 Å². The molecule has 2 aliphatic heterocycles. The van der Waals surface area contributed by atoms with Crippen LogP contribution in [-0.2, 0) is 10.8 Å². The number of hydrogen-bond donors (Lipinski definition) is 0. The molecule has 0 bridgehead atoms. The Kier molecular flexibility index (Phi) is 7.99. The summed E-state index contributed by atoms with van der Waals surface area (Å²) in [4.78, 5) is 15.4. The smallest absolute Gasteiger partial charge is 0.260 e. The molecule has 7 heteroatoms. The van der Waals surface area contributed by atoms with Gasteiger partial charge in [0, 0.05) is 45.1 Å². The number of fused-ring (bicyclic) bond motifs is 7. The highest BCUT2D eigenvalue weighted by molar-refractivity contribution is 6.98. The lowest BCUT2D eigenvalue weighted by Gasteiger charge is -2.35. The third-order valence-electron chi connectivity index (χ3n) is 12.1. The van der Waals surface area contributed by atoms with Gasteiger partial charge in [0.25, 0.3) is 6.71 Å². The first-order valence-corrected chi connectivity index (χ1v) is 20.7. The highest BCUT2D eigenvalue weighted by Crippen LogP contribution is 2.43. The van der Waals surface area contributed by atoms with Gasteiger partial charge in [-0.2, -0.15) is 0 Å². The van der Waals surface area contributed by atoms with Gasteiger partial charge in [-0.25, -0.2) is 15.0 Å². The van der Waals surface area contributed by atoms with Crippen molar-refractivity contribution >= 4 is 44.9 Å². The first kappa shape index (κ1) is 36.1. The van der Waals surface area contributed by atoms with Crippen molar-refractivity contribution in [2.24, 2.45) is 0 Å². The van der Waals surface area contributed by atoms with Crippen molar-refractivity contribution in [2.75, 3.05) is 0 Å². The van der Waals surface area contributed by atoms with E-state index >= 15 is 0 Å². The number of para-hydroxylation sites is 2. The van der Waals surface area contributed by atoms with Crippen LogP contribution < -0.4 is 25.9 Å². The van der Waals surface area contributed by atoms with Crippen molar-refractivity contribution in [3.05, 3.63) is 163 Å². The second kappa shape index (κ2) is 13.3. The van der Waals surface area contributed by atoms with Crippen LogP contribution in [0, 0.1) is 0 Å². The van der Waals surface area contributed by atoms with Crippen LogP contribution in [0.2, 0.25) is 0 Å². The lowest BCUT2D eigenvalue weighted by Crippen LogP contribution is -2.57. The maximum absolute atomic E-state index is 6.99. The molecule has 290 valence electrons. The second-order valence-electron chi connectivity index (χ2n) is 18.1. The van der Waals surface area contributed by atoms with Crippen LogP contribution in [0.4, 0.5) is 0 Å². The number of benzene rings is 7. The van der Waals surface area contributed by atoms with Gasteiger partial charge < -0.3 is 14.0 Å². The summed E-state index contributed by atoms with van der Waals surface area (Å²) in [6, 6.07) is 53.0. The van der Waals surface area contributed by atoms with E-state index in [1.165, 1.54) is 11.1 Å². The van der Waals surface area contributed by atoms with Crippen molar-refractivity contribution in [3.63, 3.8) is 0 Å². The Morgan fingerprint density at radius 2 is 0.967 bits per heavy atom. The highest BCUT2D eigenvalue weighted by Gasteiger charge is 2.42. The Bertz CT molecular complexity index is 3030. The summed E-state index contributed by atoms with van der Waals surface area (Å²) in [5, 5.41) is 2.22. The zero-order chi connectivity index (χ0) is 40.9. The summed E-state index contributed by atoms with van der Waals surface area (Å²) in [5.41, 5.74) is 11.6. The van der Waals surface area contributed by atoms with E-state index in [-0.39, 0.29) is 17.5 Å². The van der Waals surface area contributed by atoms with E-state index in [0.29, 0.717) is 17.5 Å². The van der Waals surface area contributed by atoms with E-state index in [9.17, 15) is 0 Å². The van der Waals surface area contributed by atoms with Gasteiger partial charge in [0.15, 0.2) is 17.5 Å².